The molecule has 0 spiro atoms. The van der Waals surface area contributed by atoms with Crippen LogP contribution in [-0.4, -0.2) is 10.4 Å². The van der Waals surface area contributed by atoms with Crippen LogP contribution >= 0.6 is 0 Å². The van der Waals surface area contributed by atoms with Gasteiger partial charge in [0, 0.05) is 16.2 Å². The minimum Gasteiger partial charge on any atom is -0.345 e. The van der Waals surface area contributed by atoms with Crippen LogP contribution in [0, 0.1) is 0 Å². The quantitative estimate of drug-likeness (QED) is 0.284. The first-order valence-electron chi connectivity index (χ1n) is 8.27. The van der Waals surface area contributed by atoms with Gasteiger partial charge in [-0.25, -0.2) is 0 Å². The van der Waals surface area contributed by atoms with Crippen LogP contribution in [0.2, 0.25) is 0 Å². The first-order valence-corrected chi connectivity index (χ1v) is 8.27. The average molecular weight is 320 g/mol. The summed E-state index contributed by atoms with van der Waals surface area (Å²) in [4.78, 5) is 0. The Bertz CT molecular complexity index is 1380. The Balaban J connectivity index is 2.03. The van der Waals surface area contributed by atoms with E-state index in [0.29, 0.717) is 0 Å². The standard InChI is InChI=1S/C22H12N2O/c1-4-13-5-3-9-18-20(13)15(7-1)16-8-2-6-14-10-11-17(22(18)21(14)16)19-12-25-24-23-19/h1-12H. The van der Waals surface area contributed by atoms with E-state index in [-0.39, 0.29) is 0 Å². The predicted octanol–water partition coefficient (Wildman–Crippen LogP) is 5.79. The molecule has 0 saturated carbocycles. The molecular weight excluding hydrogens is 308 g/mol. The molecule has 0 aliphatic heterocycles. The molecule has 25 heavy (non-hydrogen) atoms. The number of fused-ring (bicyclic) bond motifs is 2. The average Bonchev–Trinajstić information content (AvgIpc) is 3.20. The molecule has 6 aromatic rings. The van der Waals surface area contributed by atoms with E-state index in [1.165, 1.54) is 43.1 Å². The molecule has 5 aromatic carbocycles. The monoisotopic (exact) mass is 320 g/mol. The van der Waals surface area contributed by atoms with Gasteiger partial charge in [0.2, 0.25) is 0 Å². The molecule has 3 heteroatoms. The van der Waals surface area contributed by atoms with Crippen LogP contribution in [0.25, 0.3) is 54.3 Å². The SMILES string of the molecule is c1cc2cccc3c4c(-c5conn5)ccc5cccc(c(c1)c23)c54. The molecule has 0 atom stereocenters. The normalized spacial score (nSPS) is 12.0. The Morgan fingerprint density at radius 3 is 2.00 bits per heavy atom. The summed E-state index contributed by atoms with van der Waals surface area (Å²) in [6.45, 7) is 0. The zero-order chi connectivity index (χ0) is 16.4. The molecule has 0 fully saturated rings. The molecule has 0 amide bonds. The van der Waals surface area contributed by atoms with Crippen molar-refractivity contribution >= 4 is 43.1 Å². The minimum atomic E-state index is 0.767. The topological polar surface area (TPSA) is 38.9 Å². The Morgan fingerprint density at radius 2 is 1.28 bits per heavy atom. The molecule has 0 bridgehead atoms. The number of aromatic nitrogens is 2. The van der Waals surface area contributed by atoms with Gasteiger partial charge in [-0.2, -0.15) is 0 Å². The lowest BCUT2D eigenvalue weighted by molar-refractivity contribution is 0.393. The van der Waals surface area contributed by atoms with Crippen LogP contribution in [0.15, 0.2) is 77.5 Å². The fraction of sp³-hybridized carbons (Fsp3) is 0. The largest absolute Gasteiger partial charge is 0.345 e. The predicted molar refractivity (Wildman–Crippen MR) is 101 cm³/mol. The first kappa shape index (κ1) is 12.9. The third-order valence-electron chi connectivity index (χ3n) is 5.15. The highest BCUT2D eigenvalue weighted by molar-refractivity contribution is 6.35. The van der Waals surface area contributed by atoms with Gasteiger partial charge in [-0.15, -0.1) is 5.10 Å². The van der Waals surface area contributed by atoms with Crippen LogP contribution < -0.4 is 0 Å². The van der Waals surface area contributed by atoms with Crippen LogP contribution in [0.1, 0.15) is 0 Å². The second kappa shape index (κ2) is 4.54. The highest BCUT2D eigenvalue weighted by atomic mass is 16.5. The van der Waals surface area contributed by atoms with E-state index in [0.717, 1.165) is 11.3 Å². The maximum absolute atomic E-state index is 5.01. The first-order chi connectivity index (χ1) is 12.4. The second-order valence-electron chi connectivity index (χ2n) is 6.39. The highest BCUT2D eigenvalue weighted by Gasteiger charge is 2.17. The van der Waals surface area contributed by atoms with Gasteiger partial charge in [-0.3, -0.25) is 0 Å². The molecular formula is C22H12N2O. The Hall–Kier alpha value is -3.46. The number of benzene rings is 5. The molecule has 1 aromatic heterocycles. The lowest BCUT2D eigenvalue weighted by Crippen LogP contribution is -1.89. The number of nitrogens with zero attached hydrogens (tertiary/aromatic N) is 2. The summed E-state index contributed by atoms with van der Waals surface area (Å²) in [6.07, 6.45) is 1.61. The van der Waals surface area contributed by atoms with Gasteiger partial charge < -0.3 is 4.52 Å². The fourth-order valence-corrected chi connectivity index (χ4v) is 4.15. The van der Waals surface area contributed by atoms with Crippen molar-refractivity contribution in [3.05, 3.63) is 73.0 Å². The van der Waals surface area contributed by atoms with Crippen molar-refractivity contribution in [2.45, 2.75) is 0 Å². The van der Waals surface area contributed by atoms with Crippen molar-refractivity contribution in [2.75, 3.05) is 0 Å². The molecule has 1 heterocycles. The van der Waals surface area contributed by atoms with Gasteiger partial charge >= 0.3 is 0 Å². The van der Waals surface area contributed by atoms with E-state index in [1.54, 1.807) is 6.26 Å². The molecule has 3 nitrogen and oxygen atoms in total. The third kappa shape index (κ3) is 1.59. The summed E-state index contributed by atoms with van der Waals surface area (Å²) in [5.74, 6) is 0. The molecule has 0 N–H and O–H groups in total. The number of hydrogen-bond donors (Lipinski definition) is 0. The van der Waals surface area contributed by atoms with Crippen molar-refractivity contribution in [2.24, 2.45) is 0 Å². The summed E-state index contributed by atoms with van der Waals surface area (Å²) in [5, 5.41) is 17.9. The summed E-state index contributed by atoms with van der Waals surface area (Å²) < 4.78 is 5.01. The van der Waals surface area contributed by atoms with Crippen molar-refractivity contribution < 1.29 is 4.52 Å². The van der Waals surface area contributed by atoms with E-state index in [4.69, 9.17) is 4.52 Å². The van der Waals surface area contributed by atoms with Gasteiger partial charge in [-0.05, 0) is 37.7 Å². The second-order valence-corrected chi connectivity index (χ2v) is 6.39. The zero-order valence-corrected chi connectivity index (χ0v) is 13.2. The zero-order valence-electron chi connectivity index (χ0n) is 13.2. The van der Waals surface area contributed by atoms with Gasteiger partial charge in [0.25, 0.3) is 0 Å². The molecule has 0 aliphatic carbocycles. The molecule has 0 aliphatic rings. The summed E-state index contributed by atoms with van der Waals surface area (Å²) >= 11 is 0. The van der Waals surface area contributed by atoms with Crippen LogP contribution in [0.3, 0.4) is 0 Å². The Labute approximate surface area is 142 Å². The maximum Gasteiger partial charge on any atom is 0.152 e. The van der Waals surface area contributed by atoms with Crippen LogP contribution in [-0.2, 0) is 0 Å². The van der Waals surface area contributed by atoms with E-state index in [9.17, 15) is 0 Å². The van der Waals surface area contributed by atoms with Crippen molar-refractivity contribution in [1.82, 2.24) is 10.4 Å². The summed E-state index contributed by atoms with van der Waals surface area (Å²) in [5.41, 5.74) is 1.83. The van der Waals surface area contributed by atoms with Crippen LogP contribution in [0.5, 0.6) is 0 Å². The Morgan fingerprint density at radius 1 is 0.600 bits per heavy atom. The van der Waals surface area contributed by atoms with E-state index in [2.05, 4.69) is 77.1 Å². The summed E-state index contributed by atoms with van der Waals surface area (Å²) in [6, 6.07) is 23.8. The fourth-order valence-electron chi connectivity index (χ4n) is 4.15. The van der Waals surface area contributed by atoms with Crippen molar-refractivity contribution in [1.29, 1.82) is 0 Å². The molecule has 0 saturated heterocycles. The Kier molecular flexibility index (Phi) is 2.35. The maximum atomic E-state index is 5.01. The van der Waals surface area contributed by atoms with Crippen LogP contribution in [0.4, 0.5) is 0 Å². The lowest BCUT2D eigenvalue weighted by Gasteiger charge is -2.16. The number of rotatable bonds is 1. The molecule has 0 radical (unpaired) electrons. The third-order valence-corrected chi connectivity index (χ3v) is 5.15. The van der Waals surface area contributed by atoms with Crippen molar-refractivity contribution in [3.63, 3.8) is 0 Å². The van der Waals surface area contributed by atoms with Gasteiger partial charge in [0.1, 0.15) is 5.69 Å². The molecule has 6 rings (SSSR count). The number of hydrogen-bond acceptors (Lipinski definition) is 3. The van der Waals surface area contributed by atoms with Crippen molar-refractivity contribution in [3.8, 4) is 11.3 Å². The van der Waals surface area contributed by atoms with Gasteiger partial charge in [0.05, 0.1) is 0 Å². The lowest BCUT2D eigenvalue weighted by atomic mass is 9.87. The molecule has 116 valence electrons. The summed E-state index contributed by atoms with van der Waals surface area (Å²) in [7, 11) is 0. The smallest absolute Gasteiger partial charge is 0.152 e. The minimum absolute atomic E-state index is 0.767. The van der Waals surface area contributed by atoms with Gasteiger partial charge in [-0.1, -0.05) is 66.7 Å². The van der Waals surface area contributed by atoms with E-state index in [1.807, 2.05) is 0 Å². The highest BCUT2D eigenvalue weighted by Crippen LogP contribution is 2.43. The van der Waals surface area contributed by atoms with E-state index >= 15 is 0 Å². The van der Waals surface area contributed by atoms with E-state index < -0.39 is 0 Å². The molecule has 0 unspecified atom stereocenters. The van der Waals surface area contributed by atoms with Gasteiger partial charge in [0.15, 0.2) is 6.26 Å².